The molecule has 0 aliphatic heterocycles. The fourth-order valence-electron chi connectivity index (χ4n) is 1.03. The van der Waals surface area contributed by atoms with Crippen molar-refractivity contribution in [2.24, 2.45) is 5.10 Å². The molecule has 0 unspecified atom stereocenters. The minimum atomic E-state index is -0.574. The van der Waals surface area contributed by atoms with Crippen LogP contribution in [0.2, 0.25) is 5.02 Å². The van der Waals surface area contributed by atoms with Gasteiger partial charge < -0.3 is 0 Å². The molecule has 1 rings (SSSR count). The quantitative estimate of drug-likeness (QED) is 0.507. The standard InChI is InChI=1S/C10H7ClN4O3/c11-9-2-1-8(15(17)18)5-7(9)6-13-14-10(16)3-4-12/h1-2,5-6H,3H2,(H,14,16)/b13-6+. The number of nitro benzene ring substituents is 1. The molecule has 0 atom stereocenters. The Bertz CT molecular complexity index is 551. The number of benzene rings is 1. The summed E-state index contributed by atoms with van der Waals surface area (Å²) < 4.78 is 0. The summed E-state index contributed by atoms with van der Waals surface area (Å²) in [5.74, 6) is -0.574. The van der Waals surface area contributed by atoms with Gasteiger partial charge >= 0.3 is 0 Å². The third-order valence-electron chi connectivity index (χ3n) is 1.82. The topological polar surface area (TPSA) is 108 Å². The number of hydrazone groups is 1. The zero-order valence-electron chi connectivity index (χ0n) is 8.96. The number of nitriles is 1. The average Bonchev–Trinajstić information content (AvgIpc) is 2.31. The van der Waals surface area contributed by atoms with Crippen LogP contribution < -0.4 is 5.43 Å². The number of nitrogens with one attached hydrogen (secondary N) is 1. The Morgan fingerprint density at radius 1 is 1.67 bits per heavy atom. The Hall–Kier alpha value is -2.46. The lowest BCUT2D eigenvalue weighted by Gasteiger charge is -1.98. The lowest BCUT2D eigenvalue weighted by atomic mass is 10.2. The molecule has 1 aromatic carbocycles. The molecule has 1 aromatic rings. The Morgan fingerprint density at radius 3 is 3.00 bits per heavy atom. The highest BCUT2D eigenvalue weighted by molar-refractivity contribution is 6.33. The molecule has 1 amide bonds. The molecule has 0 spiro atoms. The van der Waals surface area contributed by atoms with Gasteiger partial charge in [0.05, 0.1) is 17.2 Å². The van der Waals surface area contributed by atoms with Crippen molar-refractivity contribution in [2.75, 3.05) is 0 Å². The molecule has 0 aromatic heterocycles. The van der Waals surface area contributed by atoms with E-state index in [0.29, 0.717) is 5.56 Å². The maximum absolute atomic E-state index is 10.9. The first-order valence-corrected chi connectivity index (χ1v) is 5.05. The van der Waals surface area contributed by atoms with E-state index in [1.54, 1.807) is 6.07 Å². The van der Waals surface area contributed by atoms with Crippen LogP contribution in [-0.2, 0) is 4.79 Å². The lowest BCUT2D eigenvalue weighted by molar-refractivity contribution is -0.384. The Kier molecular flexibility index (Phi) is 4.78. The van der Waals surface area contributed by atoms with Gasteiger partial charge in [-0.1, -0.05) is 11.6 Å². The van der Waals surface area contributed by atoms with Crippen molar-refractivity contribution >= 4 is 29.4 Å². The third-order valence-corrected chi connectivity index (χ3v) is 2.17. The van der Waals surface area contributed by atoms with Crippen LogP contribution in [0.25, 0.3) is 0 Å². The van der Waals surface area contributed by atoms with Gasteiger partial charge in [-0.2, -0.15) is 10.4 Å². The molecule has 8 heteroatoms. The summed E-state index contributed by atoms with van der Waals surface area (Å²) in [6.07, 6.45) is 0.852. The number of nitrogens with zero attached hydrogens (tertiary/aromatic N) is 3. The number of carbonyl (C=O) groups is 1. The Labute approximate surface area is 107 Å². The van der Waals surface area contributed by atoms with Crippen molar-refractivity contribution in [1.29, 1.82) is 5.26 Å². The third kappa shape index (κ3) is 3.84. The number of nitro groups is 1. The highest BCUT2D eigenvalue weighted by Crippen LogP contribution is 2.20. The van der Waals surface area contributed by atoms with Crippen molar-refractivity contribution in [3.05, 3.63) is 38.9 Å². The molecule has 1 N–H and O–H groups in total. The molecule has 0 saturated heterocycles. The van der Waals surface area contributed by atoms with Crippen molar-refractivity contribution in [2.45, 2.75) is 6.42 Å². The smallest absolute Gasteiger partial charge is 0.270 e. The summed E-state index contributed by atoms with van der Waals surface area (Å²) in [6, 6.07) is 5.49. The normalized spacial score (nSPS) is 10.0. The summed E-state index contributed by atoms with van der Waals surface area (Å²) in [7, 11) is 0. The number of carbonyl (C=O) groups excluding carboxylic acids is 1. The van der Waals surface area contributed by atoms with E-state index in [1.807, 2.05) is 0 Å². The van der Waals surface area contributed by atoms with Gasteiger partial charge in [-0.05, 0) is 6.07 Å². The number of hydrogen-bond acceptors (Lipinski definition) is 5. The maximum atomic E-state index is 10.9. The number of non-ortho nitro benzene ring substituents is 1. The molecule has 0 radical (unpaired) electrons. The monoisotopic (exact) mass is 266 g/mol. The van der Waals surface area contributed by atoms with E-state index in [-0.39, 0.29) is 17.1 Å². The van der Waals surface area contributed by atoms with Gasteiger partial charge in [0.1, 0.15) is 6.42 Å². The predicted octanol–water partition coefficient (Wildman–Crippen LogP) is 1.61. The van der Waals surface area contributed by atoms with Crippen molar-refractivity contribution < 1.29 is 9.72 Å². The zero-order valence-corrected chi connectivity index (χ0v) is 9.72. The highest BCUT2D eigenvalue weighted by atomic mass is 35.5. The predicted molar refractivity (Wildman–Crippen MR) is 64.1 cm³/mol. The zero-order chi connectivity index (χ0) is 13.5. The first-order chi connectivity index (χ1) is 8.54. The van der Waals surface area contributed by atoms with E-state index in [9.17, 15) is 14.9 Å². The molecule has 92 valence electrons. The molecule has 7 nitrogen and oxygen atoms in total. The van der Waals surface area contributed by atoms with Crippen molar-refractivity contribution in [3.63, 3.8) is 0 Å². The molecule has 18 heavy (non-hydrogen) atoms. The van der Waals surface area contributed by atoms with Gasteiger partial charge in [0.2, 0.25) is 0 Å². The van der Waals surface area contributed by atoms with Gasteiger partial charge in [0, 0.05) is 22.7 Å². The van der Waals surface area contributed by atoms with E-state index >= 15 is 0 Å². The van der Waals surface area contributed by atoms with E-state index in [2.05, 4.69) is 10.5 Å². The molecular formula is C10H7ClN4O3. The summed E-state index contributed by atoms with van der Waals surface area (Å²) in [6.45, 7) is 0. The van der Waals surface area contributed by atoms with Crippen LogP contribution in [0.1, 0.15) is 12.0 Å². The van der Waals surface area contributed by atoms with Crippen molar-refractivity contribution in [3.8, 4) is 6.07 Å². The fourth-order valence-corrected chi connectivity index (χ4v) is 1.20. The van der Waals surface area contributed by atoms with Crippen molar-refractivity contribution in [1.82, 2.24) is 5.43 Å². The fraction of sp³-hybridized carbons (Fsp3) is 0.100. The Morgan fingerprint density at radius 2 is 2.39 bits per heavy atom. The molecular weight excluding hydrogens is 260 g/mol. The molecule has 0 aliphatic rings. The van der Waals surface area contributed by atoms with Gasteiger partial charge in [-0.25, -0.2) is 5.43 Å². The Balaban J connectivity index is 2.81. The van der Waals surface area contributed by atoms with Gasteiger partial charge in [-0.15, -0.1) is 0 Å². The molecule has 0 fully saturated rings. The summed E-state index contributed by atoms with van der Waals surface area (Å²) in [4.78, 5) is 20.9. The first-order valence-electron chi connectivity index (χ1n) is 4.67. The minimum absolute atomic E-state index is 0.135. The summed E-state index contributed by atoms with van der Waals surface area (Å²) in [5, 5.41) is 22.6. The second-order valence-electron chi connectivity index (χ2n) is 3.09. The number of halogens is 1. The second kappa shape index (κ2) is 6.32. The van der Waals surface area contributed by atoms with E-state index in [4.69, 9.17) is 16.9 Å². The van der Waals surface area contributed by atoms with Crippen LogP contribution in [0.4, 0.5) is 5.69 Å². The van der Waals surface area contributed by atoms with Gasteiger partial charge in [-0.3, -0.25) is 14.9 Å². The van der Waals surface area contributed by atoms with Crippen LogP contribution in [0, 0.1) is 21.4 Å². The van der Waals surface area contributed by atoms with E-state index in [1.165, 1.54) is 24.4 Å². The number of hydrogen-bond donors (Lipinski definition) is 1. The molecule has 0 heterocycles. The maximum Gasteiger partial charge on any atom is 0.270 e. The highest BCUT2D eigenvalue weighted by Gasteiger charge is 2.08. The van der Waals surface area contributed by atoms with Crippen LogP contribution in [0.5, 0.6) is 0 Å². The van der Waals surface area contributed by atoms with E-state index < -0.39 is 10.8 Å². The molecule has 0 aliphatic carbocycles. The lowest BCUT2D eigenvalue weighted by Crippen LogP contribution is -2.16. The first kappa shape index (κ1) is 13.6. The van der Waals surface area contributed by atoms with Gasteiger partial charge in [0.15, 0.2) is 0 Å². The molecule has 0 saturated carbocycles. The summed E-state index contributed by atoms with van der Waals surface area (Å²) >= 11 is 5.80. The average molecular weight is 267 g/mol. The van der Waals surface area contributed by atoms with Crippen LogP contribution in [0.3, 0.4) is 0 Å². The number of amides is 1. The van der Waals surface area contributed by atoms with E-state index in [0.717, 1.165) is 0 Å². The second-order valence-corrected chi connectivity index (χ2v) is 3.50. The van der Waals surface area contributed by atoms with Crippen LogP contribution in [-0.4, -0.2) is 17.0 Å². The van der Waals surface area contributed by atoms with Crippen LogP contribution in [0.15, 0.2) is 23.3 Å². The van der Waals surface area contributed by atoms with Crippen LogP contribution >= 0.6 is 11.6 Å². The number of rotatable bonds is 4. The molecule has 0 bridgehead atoms. The minimum Gasteiger partial charge on any atom is -0.272 e. The largest absolute Gasteiger partial charge is 0.272 e. The summed E-state index contributed by atoms with van der Waals surface area (Å²) in [5.41, 5.74) is 2.25. The SMILES string of the molecule is N#CCC(=O)N/N=C/c1cc([N+](=O)[O-])ccc1Cl. The van der Waals surface area contributed by atoms with Gasteiger partial charge in [0.25, 0.3) is 11.6 Å².